The van der Waals surface area contributed by atoms with Crippen molar-refractivity contribution in [3.05, 3.63) is 41.3 Å². The van der Waals surface area contributed by atoms with Gasteiger partial charge in [-0.15, -0.1) is 0 Å². The predicted molar refractivity (Wildman–Crippen MR) is 89.2 cm³/mol. The van der Waals surface area contributed by atoms with E-state index >= 15 is 0 Å². The van der Waals surface area contributed by atoms with Gasteiger partial charge in [-0.05, 0) is 38.0 Å². The normalized spacial score (nSPS) is 18.8. The summed E-state index contributed by atoms with van der Waals surface area (Å²) >= 11 is 0. The molecule has 0 amide bonds. The lowest BCUT2D eigenvalue weighted by Crippen LogP contribution is -2.22. The highest BCUT2D eigenvalue weighted by Gasteiger charge is 2.25. The van der Waals surface area contributed by atoms with Crippen LogP contribution in [-0.2, 0) is 6.54 Å². The first-order valence-corrected chi connectivity index (χ1v) is 7.90. The average molecular weight is 299 g/mol. The third-order valence-corrected chi connectivity index (χ3v) is 4.31. The molecule has 2 aromatic heterocycles. The monoisotopic (exact) mass is 299 g/mol. The molecule has 0 spiro atoms. The van der Waals surface area contributed by atoms with Crippen molar-refractivity contribution in [3.8, 4) is 0 Å². The van der Waals surface area contributed by atoms with Gasteiger partial charge in [-0.25, -0.2) is 4.98 Å². The van der Waals surface area contributed by atoms with Crippen molar-refractivity contribution in [2.24, 2.45) is 0 Å². The van der Waals surface area contributed by atoms with E-state index in [4.69, 9.17) is 0 Å². The summed E-state index contributed by atoms with van der Waals surface area (Å²) < 4.78 is 2.20. The molecule has 1 atom stereocenters. The second kappa shape index (κ2) is 6.08. The smallest absolute Gasteiger partial charge is 0.127 e. The summed E-state index contributed by atoms with van der Waals surface area (Å²) in [6.45, 7) is 7.37. The third-order valence-electron chi connectivity index (χ3n) is 4.31. The summed E-state index contributed by atoms with van der Waals surface area (Å²) in [6, 6.07) is 6.93. The average Bonchev–Trinajstić information content (AvgIpc) is 3.06. The van der Waals surface area contributed by atoms with Crippen molar-refractivity contribution in [2.45, 2.75) is 32.9 Å². The summed E-state index contributed by atoms with van der Waals surface area (Å²) in [6.07, 6.45) is 3.16. The van der Waals surface area contributed by atoms with E-state index in [1.165, 1.54) is 17.7 Å². The minimum atomic E-state index is 0.503. The molecular formula is C17H25N5. The van der Waals surface area contributed by atoms with Crippen molar-refractivity contribution in [1.29, 1.82) is 0 Å². The zero-order chi connectivity index (χ0) is 15.7. The van der Waals surface area contributed by atoms with E-state index in [0.717, 1.165) is 31.1 Å². The third kappa shape index (κ3) is 3.14. The molecule has 1 fully saturated rings. The number of hydrogen-bond acceptors (Lipinski definition) is 4. The van der Waals surface area contributed by atoms with Gasteiger partial charge in [0.2, 0.25) is 0 Å². The van der Waals surface area contributed by atoms with Crippen LogP contribution in [0.25, 0.3) is 0 Å². The highest BCUT2D eigenvalue weighted by molar-refractivity contribution is 5.37. The van der Waals surface area contributed by atoms with Crippen LogP contribution >= 0.6 is 0 Å². The van der Waals surface area contributed by atoms with Crippen molar-refractivity contribution in [3.63, 3.8) is 0 Å². The van der Waals surface area contributed by atoms with Crippen LogP contribution in [-0.4, -0.2) is 46.8 Å². The Balaban J connectivity index is 1.62. The molecule has 118 valence electrons. The van der Waals surface area contributed by atoms with E-state index in [1.54, 1.807) is 0 Å². The molecule has 22 heavy (non-hydrogen) atoms. The van der Waals surface area contributed by atoms with Gasteiger partial charge in [0, 0.05) is 45.6 Å². The van der Waals surface area contributed by atoms with Crippen molar-refractivity contribution >= 4 is 5.82 Å². The number of anilines is 1. The molecule has 2 aromatic rings. The Morgan fingerprint density at radius 3 is 2.68 bits per heavy atom. The van der Waals surface area contributed by atoms with Crippen molar-refractivity contribution < 1.29 is 0 Å². The lowest BCUT2D eigenvalue weighted by Gasteiger charge is -2.17. The van der Waals surface area contributed by atoms with Crippen LogP contribution in [0, 0.1) is 13.8 Å². The fourth-order valence-electron chi connectivity index (χ4n) is 3.20. The molecule has 0 saturated carbocycles. The molecule has 1 aliphatic heterocycles. The first-order chi connectivity index (χ1) is 10.5. The Labute approximate surface area is 132 Å². The zero-order valence-electron chi connectivity index (χ0n) is 14.0. The number of aryl methyl sites for hydroxylation is 2. The van der Waals surface area contributed by atoms with E-state index in [2.05, 4.69) is 51.7 Å². The van der Waals surface area contributed by atoms with Crippen LogP contribution in [0.4, 0.5) is 5.82 Å². The van der Waals surface area contributed by atoms with Crippen LogP contribution < -0.4 is 4.90 Å². The highest BCUT2D eigenvalue weighted by atomic mass is 15.3. The molecule has 5 heteroatoms. The van der Waals surface area contributed by atoms with Crippen LogP contribution in [0.15, 0.2) is 24.4 Å². The molecular weight excluding hydrogens is 274 g/mol. The van der Waals surface area contributed by atoms with Gasteiger partial charge < -0.3 is 4.90 Å². The van der Waals surface area contributed by atoms with E-state index < -0.39 is 0 Å². The molecule has 0 radical (unpaired) electrons. The van der Waals surface area contributed by atoms with Crippen LogP contribution in [0.3, 0.4) is 0 Å². The Hall–Kier alpha value is -1.88. The van der Waals surface area contributed by atoms with Gasteiger partial charge in [-0.2, -0.15) is 5.10 Å². The van der Waals surface area contributed by atoms with E-state index in [1.807, 2.05) is 25.2 Å². The van der Waals surface area contributed by atoms with Gasteiger partial charge in [0.1, 0.15) is 5.82 Å². The van der Waals surface area contributed by atoms with Gasteiger partial charge in [0.05, 0.1) is 11.7 Å². The molecule has 1 saturated heterocycles. The van der Waals surface area contributed by atoms with Gasteiger partial charge in [0.25, 0.3) is 0 Å². The van der Waals surface area contributed by atoms with Gasteiger partial charge in [0.15, 0.2) is 0 Å². The van der Waals surface area contributed by atoms with Crippen LogP contribution in [0.1, 0.15) is 29.4 Å². The van der Waals surface area contributed by atoms with Crippen molar-refractivity contribution in [2.75, 3.05) is 32.1 Å². The second-order valence-electron chi connectivity index (χ2n) is 6.47. The maximum Gasteiger partial charge on any atom is 0.127 e. The molecule has 0 aliphatic carbocycles. The van der Waals surface area contributed by atoms with E-state index in [9.17, 15) is 0 Å². The Bertz CT molecular complexity index is 629. The molecule has 3 heterocycles. The maximum atomic E-state index is 4.64. The first kappa shape index (κ1) is 15.0. The number of hydrogen-bond donors (Lipinski definition) is 0. The summed E-state index contributed by atoms with van der Waals surface area (Å²) in [5.74, 6) is 1.01. The second-order valence-corrected chi connectivity index (χ2v) is 6.47. The SMILES string of the molecule is Cc1cc(C)n([C@H]2CCN(Cc3ccc(N(C)C)nc3)C2)n1. The summed E-state index contributed by atoms with van der Waals surface area (Å²) in [5, 5.41) is 4.64. The Morgan fingerprint density at radius 2 is 2.09 bits per heavy atom. The quantitative estimate of drug-likeness (QED) is 0.869. The summed E-state index contributed by atoms with van der Waals surface area (Å²) in [5.41, 5.74) is 3.65. The fraction of sp³-hybridized carbons (Fsp3) is 0.529. The largest absolute Gasteiger partial charge is 0.363 e. The molecule has 0 N–H and O–H groups in total. The molecule has 3 rings (SSSR count). The van der Waals surface area contributed by atoms with Crippen LogP contribution in [0.5, 0.6) is 0 Å². The van der Waals surface area contributed by atoms with Crippen molar-refractivity contribution in [1.82, 2.24) is 19.7 Å². The number of likely N-dealkylation sites (tertiary alicyclic amines) is 1. The lowest BCUT2D eigenvalue weighted by atomic mass is 10.2. The molecule has 5 nitrogen and oxygen atoms in total. The van der Waals surface area contributed by atoms with Gasteiger partial charge in [-0.1, -0.05) is 6.07 Å². The Morgan fingerprint density at radius 1 is 1.27 bits per heavy atom. The maximum absolute atomic E-state index is 4.64. The molecule has 0 bridgehead atoms. The highest BCUT2D eigenvalue weighted by Crippen LogP contribution is 2.24. The van der Waals surface area contributed by atoms with E-state index in [0.29, 0.717) is 6.04 Å². The number of nitrogens with zero attached hydrogens (tertiary/aromatic N) is 5. The lowest BCUT2D eigenvalue weighted by molar-refractivity contribution is 0.310. The first-order valence-electron chi connectivity index (χ1n) is 7.90. The summed E-state index contributed by atoms with van der Waals surface area (Å²) in [7, 11) is 4.03. The number of aromatic nitrogens is 3. The molecule has 0 unspecified atom stereocenters. The Kier molecular flexibility index (Phi) is 4.16. The fourth-order valence-corrected chi connectivity index (χ4v) is 3.20. The standard InChI is InChI=1S/C17H25N5/c1-13-9-14(2)22(19-13)16-7-8-21(12-16)11-15-5-6-17(18-10-15)20(3)4/h5-6,9-10,16H,7-8,11-12H2,1-4H3/t16-/m0/s1. The van der Waals surface area contributed by atoms with E-state index in [-0.39, 0.29) is 0 Å². The zero-order valence-corrected chi connectivity index (χ0v) is 14.0. The number of rotatable bonds is 4. The van der Waals surface area contributed by atoms with Crippen LogP contribution in [0.2, 0.25) is 0 Å². The minimum absolute atomic E-state index is 0.503. The molecule has 1 aliphatic rings. The van der Waals surface area contributed by atoms with Gasteiger partial charge in [-0.3, -0.25) is 9.58 Å². The number of pyridine rings is 1. The topological polar surface area (TPSA) is 37.2 Å². The predicted octanol–water partition coefficient (Wildman–Crippen LogP) is 2.41. The summed E-state index contributed by atoms with van der Waals surface area (Å²) in [4.78, 5) is 9.02. The van der Waals surface area contributed by atoms with Gasteiger partial charge >= 0.3 is 0 Å². The molecule has 0 aromatic carbocycles. The minimum Gasteiger partial charge on any atom is -0.363 e.